The molecule has 3 aromatic carbocycles. The molecule has 65 heavy (non-hydrogen) atoms. The van der Waals surface area contributed by atoms with Gasteiger partial charge in [-0.15, -0.1) is 0 Å². The zero-order chi connectivity index (χ0) is 46.0. The van der Waals surface area contributed by atoms with E-state index in [-0.39, 0.29) is 61.4 Å². The summed E-state index contributed by atoms with van der Waals surface area (Å²) in [5.41, 5.74) is 16.6. The minimum Gasteiger partial charge on any atom is -0.370 e. The summed E-state index contributed by atoms with van der Waals surface area (Å²) in [7, 11) is 0. The van der Waals surface area contributed by atoms with Gasteiger partial charge in [0, 0.05) is 57.9 Å². The van der Waals surface area contributed by atoms with E-state index in [1.807, 2.05) is 83.8 Å². The Labute approximate surface area is 379 Å². The molecule has 3 saturated heterocycles. The molecule has 1 unspecified atom stereocenters. The summed E-state index contributed by atoms with van der Waals surface area (Å²) < 4.78 is 0. The highest BCUT2D eigenvalue weighted by atomic mass is 16.2. The first-order chi connectivity index (χ1) is 31.4. The van der Waals surface area contributed by atoms with Crippen LogP contribution in [0.1, 0.15) is 117 Å². The van der Waals surface area contributed by atoms with Gasteiger partial charge in [0.15, 0.2) is 0 Å². The molecule has 4 aliphatic rings. The maximum Gasteiger partial charge on any atom is 0.243 e. The first-order valence-corrected chi connectivity index (χ1v) is 22.9. The Morgan fingerprint density at radius 2 is 1.40 bits per heavy atom. The van der Waals surface area contributed by atoms with Crippen LogP contribution in [0.3, 0.4) is 0 Å². The van der Waals surface area contributed by atoms with Crippen molar-refractivity contribution in [1.29, 1.82) is 0 Å². The summed E-state index contributed by atoms with van der Waals surface area (Å²) in [5, 5.41) is 8.30. The lowest BCUT2D eigenvalue weighted by Gasteiger charge is -2.37. The second-order valence-electron chi connectivity index (χ2n) is 17.7. The largest absolute Gasteiger partial charge is 0.370 e. The second-order valence-corrected chi connectivity index (χ2v) is 17.7. The van der Waals surface area contributed by atoms with Gasteiger partial charge < -0.3 is 36.8 Å². The zero-order valence-electron chi connectivity index (χ0n) is 36.8. The molecule has 5 atom stereocenters. The molecular formula is C49H60N8O8. The highest BCUT2D eigenvalue weighted by Crippen LogP contribution is 2.31. The standard InChI is InChI=1S/C49H60N8O8/c50-38-30-56(44(61)15-9-3-8-14-43(60)55-26-24-31-16-17-34(28-35(31)29-55)37-19-23-42(59)53-46(37)62)27-25-36-18-21-40(57(36)49(38)65)48(64)52-39(20-22-41(51)58)47(63)54-45(32-10-4-1-5-11-32)33-12-6-2-7-13-33/h1-2,4-7,10-13,16-17,28,36-40,45H,3,8-9,14-15,18-27,29-30,50H2,(H2,51,58)(H,52,64)(H,54,63)(H,53,59,62)/t36-,37?,38+,39+,40+/m1/s1. The number of unbranched alkanes of at least 4 members (excludes halogenated alkanes) is 2. The van der Waals surface area contributed by atoms with Crippen molar-refractivity contribution in [1.82, 2.24) is 30.7 Å². The van der Waals surface area contributed by atoms with E-state index in [9.17, 15) is 38.4 Å². The fraction of sp³-hybridized carbons (Fsp3) is 0.469. The third-order valence-corrected chi connectivity index (χ3v) is 13.3. The molecule has 16 nitrogen and oxygen atoms in total. The Bertz CT molecular complexity index is 2220. The average Bonchev–Trinajstić information content (AvgIpc) is 3.73. The molecular weight excluding hydrogens is 829 g/mol. The Hall–Kier alpha value is -6.42. The monoisotopic (exact) mass is 888 g/mol. The SMILES string of the molecule is NC(=O)CC[C@H](NC(=O)[C@@H]1CC[C@@H]2CCN(C(=O)CCCCCC(=O)N3CCc4ccc(C5CCC(=O)NC5=O)cc4C3)C[C@H](N)C(=O)N21)C(=O)NC(c1ccccc1)c1ccccc1. The maximum atomic E-state index is 14.0. The van der Waals surface area contributed by atoms with Gasteiger partial charge in [-0.05, 0) is 79.2 Å². The highest BCUT2D eigenvalue weighted by molar-refractivity contribution is 6.01. The third-order valence-electron chi connectivity index (χ3n) is 13.3. The van der Waals surface area contributed by atoms with Crippen molar-refractivity contribution in [3.63, 3.8) is 0 Å². The van der Waals surface area contributed by atoms with Crippen LogP contribution in [0.25, 0.3) is 0 Å². The number of carbonyl (C=O) groups is 8. The topological polar surface area (TPSA) is 234 Å². The van der Waals surface area contributed by atoms with Crippen LogP contribution in [0.2, 0.25) is 0 Å². The van der Waals surface area contributed by atoms with Gasteiger partial charge in [0.2, 0.25) is 47.3 Å². The summed E-state index contributed by atoms with van der Waals surface area (Å²) in [4.78, 5) is 109. The van der Waals surface area contributed by atoms with Gasteiger partial charge >= 0.3 is 0 Å². The van der Waals surface area contributed by atoms with Crippen LogP contribution in [-0.2, 0) is 51.3 Å². The molecule has 0 aromatic heterocycles. The molecule has 7 N–H and O–H groups in total. The molecule has 3 aromatic rings. The van der Waals surface area contributed by atoms with Gasteiger partial charge in [-0.25, -0.2) is 0 Å². The highest BCUT2D eigenvalue weighted by Gasteiger charge is 2.45. The molecule has 3 fully saturated rings. The molecule has 0 radical (unpaired) electrons. The second kappa shape index (κ2) is 21.5. The lowest BCUT2D eigenvalue weighted by molar-refractivity contribution is -0.145. The normalized spacial score (nSPS) is 21.4. The van der Waals surface area contributed by atoms with E-state index in [1.165, 1.54) is 4.90 Å². The van der Waals surface area contributed by atoms with Gasteiger partial charge in [0.1, 0.15) is 18.1 Å². The van der Waals surface area contributed by atoms with Crippen LogP contribution < -0.4 is 27.4 Å². The van der Waals surface area contributed by atoms with Crippen LogP contribution in [-0.4, -0.2) is 106 Å². The first-order valence-electron chi connectivity index (χ1n) is 22.9. The average molecular weight is 889 g/mol. The summed E-state index contributed by atoms with van der Waals surface area (Å²) in [6, 6.07) is 20.8. The zero-order valence-corrected chi connectivity index (χ0v) is 36.8. The lowest BCUT2D eigenvalue weighted by atomic mass is 9.87. The fourth-order valence-corrected chi connectivity index (χ4v) is 9.67. The van der Waals surface area contributed by atoms with Crippen molar-refractivity contribution >= 4 is 47.3 Å². The number of nitrogens with one attached hydrogen (secondary N) is 3. The number of amides is 8. The molecule has 4 heterocycles. The molecule has 0 aliphatic carbocycles. The summed E-state index contributed by atoms with van der Waals surface area (Å²) in [6.45, 7) is 1.43. The Morgan fingerprint density at radius 3 is 2.06 bits per heavy atom. The number of hydrogen-bond donors (Lipinski definition) is 5. The van der Waals surface area contributed by atoms with Crippen LogP contribution in [0.5, 0.6) is 0 Å². The van der Waals surface area contributed by atoms with E-state index in [2.05, 4.69) is 16.0 Å². The molecule has 344 valence electrons. The first kappa shape index (κ1) is 46.6. The van der Waals surface area contributed by atoms with Crippen LogP contribution in [0.4, 0.5) is 0 Å². The molecule has 0 saturated carbocycles. The van der Waals surface area contributed by atoms with Crippen molar-refractivity contribution in [2.24, 2.45) is 11.5 Å². The number of rotatable bonds is 16. The number of nitrogens with zero attached hydrogens (tertiary/aromatic N) is 3. The van der Waals surface area contributed by atoms with Gasteiger partial charge in [-0.3, -0.25) is 43.7 Å². The number of fused-ring (bicyclic) bond motifs is 2. The number of benzene rings is 3. The number of hydrogen-bond acceptors (Lipinski definition) is 9. The van der Waals surface area contributed by atoms with Crippen molar-refractivity contribution < 1.29 is 38.4 Å². The van der Waals surface area contributed by atoms with Crippen molar-refractivity contribution in [3.05, 3.63) is 107 Å². The fourth-order valence-electron chi connectivity index (χ4n) is 9.67. The molecule has 0 bridgehead atoms. The number of carbonyl (C=O) groups excluding carboxylic acids is 8. The number of primary amides is 1. The number of nitrogens with two attached hydrogens (primary N) is 2. The predicted octanol–water partition coefficient (Wildman–Crippen LogP) is 2.62. The molecule has 7 rings (SSSR count). The predicted molar refractivity (Wildman–Crippen MR) is 240 cm³/mol. The van der Waals surface area contributed by atoms with E-state index in [1.54, 1.807) is 4.90 Å². The van der Waals surface area contributed by atoms with Gasteiger partial charge in [-0.1, -0.05) is 85.3 Å². The molecule has 16 heteroatoms. The van der Waals surface area contributed by atoms with E-state index >= 15 is 0 Å². The Balaban J connectivity index is 0.880. The molecule has 4 aliphatic heterocycles. The quantitative estimate of drug-likeness (QED) is 0.105. The maximum absolute atomic E-state index is 14.0. The smallest absolute Gasteiger partial charge is 0.243 e. The summed E-state index contributed by atoms with van der Waals surface area (Å²) in [6.07, 6.45) is 5.09. The molecule has 0 spiro atoms. The Morgan fingerprint density at radius 1 is 0.723 bits per heavy atom. The van der Waals surface area contributed by atoms with Crippen molar-refractivity contribution in [2.45, 2.75) is 126 Å². The van der Waals surface area contributed by atoms with Crippen LogP contribution in [0, 0.1) is 0 Å². The van der Waals surface area contributed by atoms with Crippen LogP contribution >= 0.6 is 0 Å². The summed E-state index contributed by atoms with van der Waals surface area (Å²) in [5.74, 6) is -3.08. The number of piperidine rings is 1. The third kappa shape index (κ3) is 11.6. The van der Waals surface area contributed by atoms with Gasteiger partial charge in [-0.2, -0.15) is 0 Å². The number of imide groups is 1. The minimum absolute atomic E-state index is 0.000589. The summed E-state index contributed by atoms with van der Waals surface area (Å²) >= 11 is 0. The lowest BCUT2D eigenvalue weighted by Crippen LogP contribution is -2.60. The van der Waals surface area contributed by atoms with Gasteiger partial charge in [0.25, 0.3) is 0 Å². The Kier molecular flexibility index (Phi) is 15.4. The van der Waals surface area contributed by atoms with E-state index in [0.29, 0.717) is 77.4 Å². The van der Waals surface area contributed by atoms with Crippen molar-refractivity contribution in [2.75, 3.05) is 19.6 Å². The van der Waals surface area contributed by atoms with Crippen molar-refractivity contribution in [3.8, 4) is 0 Å². The molecule has 8 amide bonds. The van der Waals surface area contributed by atoms with E-state index < -0.39 is 47.8 Å². The van der Waals surface area contributed by atoms with Gasteiger partial charge in [0.05, 0.1) is 12.0 Å². The van der Waals surface area contributed by atoms with E-state index in [0.717, 1.165) is 34.2 Å². The minimum atomic E-state index is -1.11. The van der Waals surface area contributed by atoms with Crippen LogP contribution in [0.15, 0.2) is 78.9 Å². The van der Waals surface area contributed by atoms with E-state index in [4.69, 9.17) is 11.5 Å².